The second kappa shape index (κ2) is 6.44. The topological polar surface area (TPSA) is 53.3 Å². The van der Waals surface area contributed by atoms with Gasteiger partial charge in [-0.05, 0) is 19.9 Å². The van der Waals surface area contributed by atoms with E-state index in [0.29, 0.717) is 0 Å². The van der Waals surface area contributed by atoms with Crippen LogP contribution in [-0.4, -0.2) is 37.1 Å². The third-order valence-corrected chi connectivity index (χ3v) is 1.87. The van der Waals surface area contributed by atoms with Gasteiger partial charge in [0.25, 0.3) is 0 Å². The molecule has 4 nitrogen and oxygen atoms in total. The van der Waals surface area contributed by atoms with Crippen molar-refractivity contribution in [3.05, 3.63) is 0 Å². The maximum absolute atomic E-state index is 11.1. The van der Waals surface area contributed by atoms with E-state index < -0.39 is 0 Å². The molecule has 0 spiro atoms. The Balaban J connectivity index is 4.19. The molecule has 4 heteroatoms. The molecule has 0 bridgehead atoms. The van der Waals surface area contributed by atoms with Crippen molar-refractivity contribution in [1.82, 2.24) is 4.90 Å². The lowest BCUT2D eigenvalue weighted by molar-refractivity contribution is -0.146. The smallest absolute Gasteiger partial charge is 0.322 e. The van der Waals surface area contributed by atoms with Gasteiger partial charge in [0.15, 0.2) is 0 Å². The van der Waals surface area contributed by atoms with Gasteiger partial charge in [0.2, 0.25) is 0 Å². The monoisotopic (exact) mass is 184 g/mol. The van der Waals surface area contributed by atoms with Crippen LogP contribution in [0.4, 0.5) is 0 Å². The number of carbonyl (C=O) groups excluding carboxylic acids is 1. The summed E-state index contributed by atoms with van der Waals surface area (Å²) < 4.78 is 4.60. The minimum absolute atomic E-state index is 0.268. The standard InChI is InChI=1S/C9H16N2O2/c1-4-6-11(7-5-10)8(2)9(12)13-3/h8H,4,6-7H2,1-3H3. The Morgan fingerprint density at radius 3 is 2.69 bits per heavy atom. The molecule has 0 aromatic heterocycles. The summed E-state index contributed by atoms with van der Waals surface area (Å²) in [6.07, 6.45) is 0.920. The van der Waals surface area contributed by atoms with Gasteiger partial charge >= 0.3 is 5.97 Å². The van der Waals surface area contributed by atoms with E-state index in [1.165, 1.54) is 7.11 Å². The number of methoxy groups -OCH3 is 1. The highest BCUT2D eigenvalue weighted by Crippen LogP contribution is 2.01. The number of hydrogen-bond donors (Lipinski definition) is 0. The van der Waals surface area contributed by atoms with E-state index in [0.717, 1.165) is 13.0 Å². The van der Waals surface area contributed by atoms with Crippen molar-refractivity contribution >= 4 is 5.97 Å². The third kappa shape index (κ3) is 3.90. The van der Waals surface area contributed by atoms with E-state index in [1.54, 1.807) is 11.8 Å². The maximum atomic E-state index is 11.1. The molecule has 0 rings (SSSR count). The van der Waals surface area contributed by atoms with Crippen molar-refractivity contribution in [2.45, 2.75) is 26.3 Å². The fourth-order valence-electron chi connectivity index (χ4n) is 1.11. The average Bonchev–Trinajstić information content (AvgIpc) is 2.15. The van der Waals surface area contributed by atoms with Crippen LogP contribution in [-0.2, 0) is 9.53 Å². The molecule has 0 heterocycles. The second-order valence-electron chi connectivity index (χ2n) is 2.83. The Kier molecular flexibility index (Phi) is 5.90. The van der Waals surface area contributed by atoms with Crippen molar-refractivity contribution in [3.63, 3.8) is 0 Å². The van der Waals surface area contributed by atoms with Crippen LogP contribution in [0.5, 0.6) is 0 Å². The van der Waals surface area contributed by atoms with Gasteiger partial charge in [0.05, 0.1) is 19.7 Å². The minimum atomic E-state index is -0.329. The lowest BCUT2D eigenvalue weighted by atomic mass is 10.2. The van der Waals surface area contributed by atoms with Gasteiger partial charge < -0.3 is 4.74 Å². The normalized spacial score (nSPS) is 12.2. The molecule has 74 valence electrons. The molecule has 0 fully saturated rings. The molecule has 0 saturated heterocycles. The lowest BCUT2D eigenvalue weighted by Crippen LogP contribution is -2.40. The van der Waals surface area contributed by atoms with Crippen LogP contribution in [0.15, 0.2) is 0 Å². The van der Waals surface area contributed by atoms with Gasteiger partial charge in [-0.25, -0.2) is 0 Å². The van der Waals surface area contributed by atoms with Crippen molar-refractivity contribution in [3.8, 4) is 6.07 Å². The quantitative estimate of drug-likeness (QED) is 0.468. The van der Waals surface area contributed by atoms with Gasteiger partial charge in [-0.3, -0.25) is 9.69 Å². The van der Waals surface area contributed by atoms with Crippen molar-refractivity contribution in [2.75, 3.05) is 20.2 Å². The zero-order valence-corrected chi connectivity index (χ0v) is 8.41. The number of nitriles is 1. The fourth-order valence-corrected chi connectivity index (χ4v) is 1.11. The predicted octanol–water partition coefficient (Wildman–Crippen LogP) is 0.783. The summed E-state index contributed by atoms with van der Waals surface area (Å²) in [5.74, 6) is -0.288. The number of nitrogens with zero attached hydrogens (tertiary/aromatic N) is 2. The first kappa shape index (κ1) is 11.9. The van der Waals surface area contributed by atoms with Crippen molar-refractivity contribution in [2.24, 2.45) is 0 Å². The first-order valence-electron chi connectivity index (χ1n) is 4.36. The summed E-state index contributed by atoms with van der Waals surface area (Å²) in [4.78, 5) is 12.9. The van der Waals surface area contributed by atoms with Crippen LogP contribution >= 0.6 is 0 Å². The van der Waals surface area contributed by atoms with E-state index in [9.17, 15) is 4.79 Å². The van der Waals surface area contributed by atoms with E-state index >= 15 is 0 Å². The van der Waals surface area contributed by atoms with Crippen molar-refractivity contribution < 1.29 is 9.53 Å². The van der Waals surface area contributed by atoms with Crippen LogP contribution in [0.1, 0.15) is 20.3 Å². The number of rotatable bonds is 5. The molecule has 0 amide bonds. The Labute approximate surface area is 79.1 Å². The number of ether oxygens (including phenoxy) is 1. The first-order valence-corrected chi connectivity index (χ1v) is 4.36. The van der Waals surface area contributed by atoms with E-state index in [-0.39, 0.29) is 18.6 Å². The Morgan fingerprint density at radius 1 is 1.69 bits per heavy atom. The maximum Gasteiger partial charge on any atom is 0.322 e. The zero-order valence-electron chi connectivity index (χ0n) is 8.41. The van der Waals surface area contributed by atoms with Crippen molar-refractivity contribution in [1.29, 1.82) is 5.26 Å². The van der Waals surface area contributed by atoms with Gasteiger partial charge in [0.1, 0.15) is 6.04 Å². The number of esters is 1. The van der Waals surface area contributed by atoms with Gasteiger partial charge in [0, 0.05) is 0 Å². The van der Waals surface area contributed by atoms with Crippen LogP contribution in [0.25, 0.3) is 0 Å². The summed E-state index contributed by atoms with van der Waals surface area (Å²) >= 11 is 0. The predicted molar refractivity (Wildman–Crippen MR) is 49.0 cm³/mol. The molecule has 0 aliphatic heterocycles. The minimum Gasteiger partial charge on any atom is -0.468 e. The molecule has 0 N–H and O–H groups in total. The highest BCUT2D eigenvalue weighted by Gasteiger charge is 2.20. The largest absolute Gasteiger partial charge is 0.468 e. The Bertz CT molecular complexity index is 198. The molecule has 0 radical (unpaired) electrons. The van der Waals surface area contributed by atoms with E-state index in [1.807, 2.05) is 13.0 Å². The van der Waals surface area contributed by atoms with Crippen LogP contribution < -0.4 is 0 Å². The van der Waals surface area contributed by atoms with E-state index in [4.69, 9.17) is 5.26 Å². The lowest BCUT2D eigenvalue weighted by Gasteiger charge is -2.23. The summed E-state index contributed by atoms with van der Waals surface area (Å²) in [7, 11) is 1.36. The molecular formula is C9H16N2O2. The fraction of sp³-hybridized carbons (Fsp3) is 0.778. The average molecular weight is 184 g/mol. The van der Waals surface area contributed by atoms with Crippen LogP contribution in [0.3, 0.4) is 0 Å². The molecule has 0 saturated carbocycles. The number of carbonyl (C=O) groups is 1. The summed E-state index contributed by atoms with van der Waals surface area (Å²) in [6.45, 7) is 4.77. The molecule has 0 aliphatic carbocycles. The molecule has 13 heavy (non-hydrogen) atoms. The third-order valence-electron chi connectivity index (χ3n) is 1.87. The molecular weight excluding hydrogens is 168 g/mol. The summed E-state index contributed by atoms with van der Waals surface area (Å²) in [5, 5.41) is 8.52. The summed E-state index contributed by atoms with van der Waals surface area (Å²) in [6, 6.07) is 1.70. The second-order valence-corrected chi connectivity index (χ2v) is 2.83. The highest BCUT2D eigenvalue weighted by atomic mass is 16.5. The molecule has 1 atom stereocenters. The molecule has 0 aromatic carbocycles. The van der Waals surface area contributed by atoms with E-state index in [2.05, 4.69) is 4.74 Å². The molecule has 1 unspecified atom stereocenters. The van der Waals surface area contributed by atoms with Gasteiger partial charge in [-0.15, -0.1) is 0 Å². The van der Waals surface area contributed by atoms with Gasteiger partial charge in [-0.1, -0.05) is 6.92 Å². The van der Waals surface area contributed by atoms with Crippen LogP contribution in [0, 0.1) is 11.3 Å². The Hall–Kier alpha value is -1.08. The summed E-state index contributed by atoms with van der Waals surface area (Å²) in [5.41, 5.74) is 0. The zero-order chi connectivity index (χ0) is 10.3. The Morgan fingerprint density at radius 2 is 2.31 bits per heavy atom. The first-order chi connectivity index (χ1) is 6.17. The molecule has 0 aromatic rings. The SMILES string of the molecule is CCCN(CC#N)C(C)C(=O)OC. The highest BCUT2D eigenvalue weighted by molar-refractivity contribution is 5.75. The van der Waals surface area contributed by atoms with Gasteiger partial charge in [-0.2, -0.15) is 5.26 Å². The molecule has 0 aliphatic rings. The number of hydrogen-bond acceptors (Lipinski definition) is 4. The van der Waals surface area contributed by atoms with Crippen LogP contribution in [0.2, 0.25) is 0 Å².